The third-order valence-corrected chi connectivity index (χ3v) is 5.22. The fraction of sp³-hybridized carbons (Fsp3) is 0.875. The number of carbonyl (C=O) groups is 2. The van der Waals surface area contributed by atoms with Crippen LogP contribution in [0.5, 0.6) is 0 Å². The van der Waals surface area contributed by atoms with Crippen LogP contribution in [-0.2, 0) is 14.3 Å². The van der Waals surface area contributed by atoms with E-state index in [1.54, 1.807) is 6.92 Å². The summed E-state index contributed by atoms with van der Waals surface area (Å²) in [7, 11) is 0. The van der Waals surface area contributed by atoms with Crippen LogP contribution in [0.1, 0.15) is 39.0 Å². The SMILES string of the molecule is CC(=O)N1CCOCC2(CCN(C(=O)CC3CC3)CC2)C1. The van der Waals surface area contributed by atoms with E-state index >= 15 is 0 Å². The lowest BCUT2D eigenvalue weighted by Gasteiger charge is -2.42. The van der Waals surface area contributed by atoms with Crippen molar-refractivity contribution in [1.82, 2.24) is 9.80 Å². The first-order valence-corrected chi connectivity index (χ1v) is 8.19. The Morgan fingerprint density at radius 3 is 2.48 bits per heavy atom. The van der Waals surface area contributed by atoms with Gasteiger partial charge < -0.3 is 14.5 Å². The Labute approximate surface area is 126 Å². The largest absolute Gasteiger partial charge is 0.379 e. The number of piperidine rings is 1. The number of ether oxygens (including phenoxy) is 1. The van der Waals surface area contributed by atoms with Gasteiger partial charge in [0.2, 0.25) is 11.8 Å². The van der Waals surface area contributed by atoms with Gasteiger partial charge in [-0.1, -0.05) is 0 Å². The van der Waals surface area contributed by atoms with Crippen LogP contribution in [0.4, 0.5) is 0 Å². The molecule has 3 rings (SSSR count). The van der Waals surface area contributed by atoms with Crippen LogP contribution in [0.25, 0.3) is 0 Å². The molecule has 1 spiro atoms. The molecule has 0 aromatic carbocycles. The van der Waals surface area contributed by atoms with E-state index in [-0.39, 0.29) is 11.3 Å². The molecule has 0 unspecified atom stereocenters. The highest BCUT2D eigenvalue weighted by atomic mass is 16.5. The van der Waals surface area contributed by atoms with E-state index in [2.05, 4.69) is 0 Å². The standard InChI is InChI=1S/C16H26N2O3/c1-13(19)18-8-9-21-12-16(11-18)4-6-17(7-5-16)15(20)10-14-2-3-14/h14H,2-12H2,1H3. The molecule has 3 fully saturated rings. The molecule has 2 amide bonds. The van der Waals surface area contributed by atoms with Crippen molar-refractivity contribution in [3.05, 3.63) is 0 Å². The lowest BCUT2D eigenvalue weighted by Crippen LogP contribution is -2.49. The lowest BCUT2D eigenvalue weighted by molar-refractivity contribution is -0.136. The minimum absolute atomic E-state index is 0.0541. The van der Waals surface area contributed by atoms with Crippen LogP contribution < -0.4 is 0 Å². The van der Waals surface area contributed by atoms with Gasteiger partial charge in [0.15, 0.2) is 0 Å². The molecule has 21 heavy (non-hydrogen) atoms. The molecule has 0 atom stereocenters. The molecule has 1 aliphatic carbocycles. The van der Waals surface area contributed by atoms with Gasteiger partial charge in [-0.05, 0) is 31.6 Å². The summed E-state index contributed by atoms with van der Waals surface area (Å²) in [5.74, 6) is 1.11. The number of likely N-dealkylation sites (tertiary alicyclic amines) is 1. The molecule has 2 aliphatic heterocycles. The van der Waals surface area contributed by atoms with Crippen LogP contribution in [0.15, 0.2) is 0 Å². The Morgan fingerprint density at radius 2 is 1.86 bits per heavy atom. The second-order valence-corrected chi connectivity index (χ2v) is 7.02. The average Bonchev–Trinajstić information content (AvgIpc) is 3.27. The normalized spacial score (nSPS) is 25.8. The highest BCUT2D eigenvalue weighted by molar-refractivity contribution is 5.77. The average molecular weight is 294 g/mol. The van der Waals surface area contributed by atoms with E-state index in [1.165, 1.54) is 12.8 Å². The minimum atomic E-state index is 0.0541. The quantitative estimate of drug-likeness (QED) is 0.771. The van der Waals surface area contributed by atoms with E-state index in [9.17, 15) is 9.59 Å². The summed E-state index contributed by atoms with van der Waals surface area (Å²) in [6.45, 7) is 6.11. The summed E-state index contributed by atoms with van der Waals surface area (Å²) in [5, 5.41) is 0. The maximum atomic E-state index is 12.2. The Kier molecular flexibility index (Phi) is 4.20. The molecule has 5 heteroatoms. The van der Waals surface area contributed by atoms with Gasteiger partial charge in [-0.15, -0.1) is 0 Å². The van der Waals surface area contributed by atoms with E-state index in [4.69, 9.17) is 4.74 Å². The second-order valence-electron chi connectivity index (χ2n) is 7.02. The fourth-order valence-corrected chi connectivity index (χ4v) is 3.49. The predicted molar refractivity (Wildman–Crippen MR) is 78.7 cm³/mol. The molecule has 5 nitrogen and oxygen atoms in total. The van der Waals surface area contributed by atoms with Crippen molar-refractivity contribution in [3.8, 4) is 0 Å². The molecule has 0 bridgehead atoms. The summed E-state index contributed by atoms with van der Waals surface area (Å²) >= 11 is 0. The smallest absolute Gasteiger partial charge is 0.222 e. The summed E-state index contributed by atoms with van der Waals surface area (Å²) in [6.07, 6.45) is 5.10. The predicted octanol–water partition coefficient (Wildman–Crippen LogP) is 1.27. The maximum Gasteiger partial charge on any atom is 0.222 e. The minimum Gasteiger partial charge on any atom is -0.379 e. The molecule has 2 heterocycles. The van der Waals surface area contributed by atoms with Crippen LogP contribution in [-0.4, -0.2) is 61.0 Å². The van der Waals surface area contributed by atoms with Crippen molar-refractivity contribution < 1.29 is 14.3 Å². The molecule has 0 aromatic rings. The number of rotatable bonds is 2. The topological polar surface area (TPSA) is 49.9 Å². The molecular formula is C16H26N2O3. The molecule has 0 aromatic heterocycles. The van der Waals surface area contributed by atoms with Gasteiger partial charge in [0.05, 0.1) is 13.2 Å². The maximum absolute atomic E-state index is 12.2. The van der Waals surface area contributed by atoms with Gasteiger partial charge in [-0.25, -0.2) is 0 Å². The summed E-state index contributed by atoms with van der Waals surface area (Å²) < 4.78 is 5.74. The molecule has 0 radical (unpaired) electrons. The molecule has 0 N–H and O–H groups in total. The lowest BCUT2D eigenvalue weighted by atomic mass is 9.78. The van der Waals surface area contributed by atoms with Gasteiger partial charge in [-0.3, -0.25) is 9.59 Å². The molecule has 118 valence electrons. The zero-order chi connectivity index (χ0) is 14.9. The Morgan fingerprint density at radius 1 is 1.14 bits per heavy atom. The second kappa shape index (κ2) is 5.95. The summed E-state index contributed by atoms with van der Waals surface area (Å²) in [5.41, 5.74) is 0.0541. The van der Waals surface area contributed by atoms with Gasteiger partial charge >= 0.3 is 0 Å². The number of hydrogen-bond acceptors (Lipinski definition) is 3. The van der Waals surface area contributed by atoms with E-state index in [0.717, 1.165) is 45.5 Å². The third-order valence-electron chi connectivity index (χ3n) is 5.22. The van der Waals surface area contributed by atoms with Gasteiger partial charge in [0.1, 0.15) is 0 Å². The summed E-state index contributed by atoms with van der Waals surface area (Å²) in [4.78, 5) is 27.8. The van der Waals surface area contributed by atoms with Crippen molar-refractivity contribution in [3.63, 3.8) is 0 Å². The number of nitrogens with zero attached hydrogens (tertiary/aromatic N) is 2. The first-order chi connectivity index (χ1) is 10.1. The fourth-order valence-electron chi connectivity index (χ4n) is 3.49. The van der Waals surface area contributed by atoms with E-state index in [1.807, 2.05) is 9.80 Å². The highest BCUT2D eigenvalue weighted by Crippen LogP contribution is 2.36. The van der Waals surface area contributed by atoms with Gasteiger partial charge in [-0.2, -0.15) is 0 Å². The zero-order valence-corrected chi connectivity index (χ0v) is 13.0. The monoisotopic (exact) mass is 294 g/mol. The van der Waals surface area contributed by atoms with Gasteiger partial charge in [0, 0.05) is 44.9 Å². The first-order valence-electron chi connectivity index (χ1n) is 8.19. The molecular weight excluding hydrogens is 268 g/mol. The van der Waals surface area contributed by atoms with Crippen LogP contribution >= 0.6 is 0 Å². The number of carbonyl (C=O) groups excluding carboxylic acids is 2. The Bertz CT molecular complexity index is 412. The van der Waals surface area contributed by atoms with Crippen LogP contribution in [0, 0.1) is 11.3 Å². The number of amides is 2. The Balaban J connectivity index is 1.57. The van der Waals surface area contributed by atoms with Crippen molar-refractivity contribution in [1.29, 1.82) is 0 Å². The van der Waals surface area contributed by atoms with Crippen molar-refractivity contribution in [2.45, 2.75) is 39.0 Å². The summed E-state index contributed by atoms with van der Waals surface area (Å²) in [6, 6.07) is 0. The molecule has 3 aliphatic rings. The number of hydrogen-bond donors (Lipinski definition) is 0. The highest BCUT2D eigenvalue weighted by Gasteiger charge is 2.40. The van der Waals surface area contributed by atoms with Gasteiger partial charge in [0.25, 0.3) is 0 Å². The van der Waals surface area contributed by atoms with Crippen LogP contribution in [0.3, 0.4) is 0 Å². The molecule has 2 saturated heterocycles. The van der Waals surface area contributed by atoms with Crippen LogP contribution in [0.2, 0.25) is 0 Å². The third kappa shape index (κ3) is 3.57. The molecule has 1 saturated carbocycles. The van der Waals surface area contributed by atoms with Crippen molar-refractivity contribution >= 4 is 11.8 Å². The van der Waals surface area contributed by atoms with E-state index < -0.39 is 0 Å². The van der Waals surface area contributed by atoms with Crippen molar-refractivity contribution in [2.75, 3.05) is 39.4 Å². The first kappa shape index (κ1) is 14.8. The van der Waals surface area contributed by atoms with E-state index in [0.29, 0.717) is 25.0 Å². The van der Waals surface area contributed by atoms with Crippen molar-refractivity contribution in [2.24, 2.45) is 11.3 Å². The Hall–Kier alpha value is -1.10. The zero-order valence-electron chi connectivity index (χ0n) is 13.0.